The average Bonchev–Trinajstić information content (AvgIpc) is 2.58. The third-order valence-electron chi connectivity index (χ3n) is 3.41. The second-order valence-electron chi connectivity index (χ2n) is 7.08. The predicted octanol–water partition coefficient (Wildman–Crippen LogP) is 1.40. The molecule has 1 amide bonds. The van der Waals surface area contributed by atoms with E-state index in [-0.39, 0.29) is 17.6 Å². The number of hydrogen-bond donors (Lipinski definition) is 4. The Morgan fingerprint density at radius 2 is 2.15 bits per heavy atom. The van der Waals surface area contributed by atoms with Gasteiger partial charge >= 0.3 is 0 Å². The van der Waals surface area contributed by atoms with Gasteiger partial charge in [-0.05, 0) is 23.6 Å². The van der Waals surface area contributed by atoms with Gasteiger partial charge in [0.1, 0.15) is 29.6 Å². The first kappa shape index (κ1) is 21.4. The van der Waals surface area contributed by atoms with E-state index in [0.29, 0.717) is 35.8 Å². The minimum Gasteiger partial charge on any atom is -0.492 e. The summed E-state index contributed by atoms with van der Waals surface area (Å²) in [5, 5.41) is 30.0. The molecule has 140 valence electrons. The van der Waals surface area contributed by atoms with Crippen LogP contribution in [0, 0.1) is 22.2 Å². The van der Waals surface area contributed by atoms with E-state index in [1.54, 1.807) is 30.4 Å². The molecule has 7 heteroatoms. The molecule has 0 aliphatic heterocycles. The maximum atomic E-state index is 12.4. The number of carbonyl (C=O) groups excluding carboxylic acids is 1. The van der Waals surface area contributed by atoms with E-state index in [0.717, 1.165) is 6.21 Å². The second kappa shape index (κ2) is 9.70. The third kappa shape index (κ3) is 6.67. The first-order valence-electron chi connectivity index (χ1n) is 8.35. The van der Waals surface area contributed by atoms with Crippen molar-refractivity contribution >= 4 is 17.8 Å². The zero-order valence-electron chi connectivity index (χ0n) is 15.7. The highest BCUT2D eigenvalue weighted by atomic mass is 16.5. The van der Waals surface area contributed by atoms with Gasteiger partial charge in [-0.1, -0.05) is 20.8 Å². The Balaban J connectivity index is 2.95. The summed E-state index contributed by atoms with van der Waals surface area (Å²) < 4.78 is 5.69. The molecule has 0 saturated carbocycles. The first-order valence-corrected chi connectivity index (χ1v) is 8.35. The van der Waals surface area contributed by atoms with Gasteiger partial charge < -0.3 is 25.9 Å². The van der Waals surface area contributed by atoms with E-state index in [4.69, 9.17) is 15.3 Å². The number of anilines is 1. The molecular formula is C19H27N4O3+. The number of nitrogens with zero attached hydrogens (tertiary/aromatic N) is 1. The SMILES string of the molecule is CC([NH2+]CCO)=C(C=N)C(=O)Nc1ccc(OCC(C)(C)C)c(C#N)c1. The summed E-state index contributed by atoms with van der Waals surface area (Å²) in [5.41, 5.74) is 1.55. The lowest BCUT2D eigenvalue weighted by molar-refractivity contribution is -0.607. The molecule has 0 bridgehead atoms. The van der Waals surface area contributed by atoms with Crippen LogP contribution in [0.25, 0.3) is 0 Å². The molecule has 0 saturated heterocycles. The number of aliphatic hydroxyl groups is 1. The summed E-state index contributed by atoms with van der Waals surface area (Å²) in [6.45, 7) is 8.67. The van der Waals surface area contributed by atoms with E-state index in [1.807, 2.05) is 20.8 Å². The molecule has 0 aliphatic rings. The Morgan fingerprint density at radius 3 is 2.69 bits per heavy atom. The number of hydrogen-bond acceptors (Lipinski definition) is 5. The van der Waals surface area contributed by atoms with Crippen LogP contribution >= 0.6 is 0 Å². The Labute approximate surface area is 154 Å². The number of nitrogens with one attached hydrogen (secondary N) is 2. The number of nitriles is 1. The molecule has 0 spiro atoms. The average molecular weight is 359 g/mol. The Bertz CT molecular complexity index is 727. The summed E-state index contributed by atoms with van der Waals surface area (Å²) >= 11 is 0. The van der Waals surface area contributed by atoms with Gasteiger partial charge in [0.2, 0.25) is 0 Å². The first-order chi connectivity index (χ1) is 12.2. The van der Waals surface area contributed by atoms with E-state index in [9.17, 15) is 10.1 Å². The van der Waals surface area contributed by atoms with Crippen LogP contribution in [-0.4, -0.2) is 37.0 Å². The Kier molecular flexibility index (Phi) is 7.97. The fourth-order valence-corrected chi connectivity index (χ4v) is 2.06. The Hall–Kier alpha value is -2.69. The van der Waals surface area contributed by atoms with Crippen LogP contribution < -0.4 is 15.4 Å². The van der Waals surface area contributed by atoms with Crippen LogP contribution in [-0.2, 0) is 4.79 Å². The van der Waals surface area contributed by atoms with E-state index in [1.165, 1.54) is 0 Å². The van der Waals surface area contributed by atoms with Crippen molar-refractivity contribution in [3.63, 3.8) is 0 Å². The van der Waals surface area contributed by atoms with E-state index >= 15 is 0 Å². The maximum Gasteiger partial charge on any atom is 0.262 e. The number of carbonyl (C=O) groups is 1. The van der Waals surface area contributed by atoms with Gasteiger partial charge in [0, 0.05) is 18.8 Å². The topological polar surface area (TPSA) is 123 Å². The van der Waals surface area contributed by atoms with Gasteiger partial charge in [-0.2, -0.15) is 5.26 Å². The largest absolute Gasteiger partial charge is 0.492 e. The molecule has 5 N–H and O–H groups in total. The number of rotatable bonds is 8. The number of aliphatic hydroxyl groups excluding tert-OH is 1. The zero-order valence-corrected chi connectivity index (χ0v) is 15.7. The maximum absolute atomic E-state index is 12.4. The predicted molar refractivity (Wildman–Crippen MR) is 100 cm³/mol. The number of benzene rings is 1. The van der Waals surface area contributed by atoms with Crippen molar-refractivity contribution in [1.29, 1.82) is 10.7 Å². The molecular weight excluding hydrogens is 332 g/mol. The number of amides is 1. The molecule has 0 fully saturated rings. The van der Waals surface area contributed by atoms with Crippen LogP contribution in [0.3, 0.4) is 0 Å². The summed E-state index contributed by atoms with van der Waals surface area (Å²) in [5.74, 6) is 0.0228. The minimum atomic E-state index is -0.445. The van der Waals surface area contributed by atoms with Gasteiger partial charge in [-0.3, -0.25) is 4.79 Å². The highest BCUT2D eigenvalue weighted by Crippen LogP contribution is 2.25. The van der Waals surface area contributed by atoms with Crippen LogP contribution in [0.5, 0.6) is 5.75 Å². The van der Waals surface area contributed by atoms with Crippen LogP contribution in [0.15, 0.2) is 29.5 Å². The third-order valence-corrected chi connectivity index (χ3v) is 3.41. The molecule has 7 nitrogen and oxygen atoms in total. The number of ether oxygens (including phenoxy) is 1. The van der Waals surface area contributed by atoms with Crippen molar-refractivity contribution in [2.75, 3.05) is 25.1 Å². The van der Waals surface area contributed by atoms with Gasteiger partial charge in [-0.25, -0.2) is 0 Å². The molecule has 0 aliphatic carbocycles. The second-order valence-corrected chi connectivity index (χ2v) is 7.08. The summed E-state index contributed by atoms with van der Waals surface area (Å²) in [4.78, 5) is 12.4. The fraction of sp³-hybridized carbons (Fsp3) is 0.421. The lowest BCUT2D eigenvalue weighted by Crippen LogP contribution is -2.83. The van der Waals surface area contributed by atoms with Crippen molar-refractivity contribution < 1.29 is 20.0 Å². The Morgan fingerprint density at radius 1 is 1.46 bits per heavy atom. The molecule has 0 heterocycles. The van der Waals surface area contributed by atoms with Crippen LogP contribution in [0.1, 0.15) is 33.3 Å². The summed E-state index contributed by atoms with van der Waals surface area (Å²) in [6, 6.07) is 6.93. The lowest BCUT2D eigenvalue weighted by atomic mass is 9.98. The normalized spacial score (nSPS) is 12.0. The highest BCUT2D eigenvalue weighted by molar-refractivity contribution is 6.17. The van der Waals surface area contributed by atoms with Gasteiger partial charge in [0.15, 0.2) is 0 Å². The number of nitrogens with two attached hydrogens (primary N) is 1. The smallest absolute Gasteiger partial charge is 0.262 e. The molecule has 0 aromatic heterocycles. The molecule has 1 aromatic carbocycles. The van der Waals surface area contributed by atoms with Crippen LogP contribution in [0.4, 0.5) is 5.69 Å². The standard InChI is InChI=1S/C19H26N4O3/c1-13(22-7-8-24)16(11-21)18(25)23-15-5-6-17(14(9-15)10-20)26-12-19(2,3)4/h5-6,9,11,21-22,24H,7-8,12H2,1-4H3,(H,23,25)/p+1. The molecule has 1 rings (SSSR count). The molecule has 1 aromatic rings. The van der Waals surface area contributed by atoms with Crippen molar-refractivity contribution in [3.8, 4) is 11.8 Å². The van der Waals surface area contributed by atoms with Crippen LogP contribution in [0.2, 0.25) is 0 Å². The quantitative estimate of drug-likeness (QED) is 0.414. The number of allylic oxidation sites excluding steroid dienone is 1. The van der Waals surface area contributed by atoms with Gasteiger partial charge in [-0.15, -0.1) is 0 Å². The van der Waals surface area contributed by atoms with E-state index < -0.39 is 5.91 Å². The van der Waals surface area contributed by atoms with Gasteiger partial charge in [0.25, 0.3) is 5.91 Å². The van der Waals surface area contributed by atoms with Crippen molar-refractivity contribution in [3.05, 3.63) is 35.0 Å². The zero-order chi connectivity index (χ0) is 19.7. The molecule has 26 heavy (non-hydrogen) atoms. The number of quaternary nitrogens is 1. The van der Waals surface area contributed by atoms with Crippen molar-refractivity contribution in [2.45, 2.75) is 27.7 Å². The highest BCUT2D eigenvalue weighted by Gasteiger charge is 2.16. The summed E-state index contributed by atoms with van der Waals surface area (Å²) in [6.07, 6.45) is 0.977. The lowest BCUT2D eigenvalue weighted by Gasteiger charge is -2.19. The van der Waals surface area contributed by atoms with Crippen molar-refractivity contribution in [2.24, 2.45) is 5.41 Å². The minimum absolute atomic E-state index is 0.0220. The van der Waals surface area contributed by atoms with Gasteiger partial charge in [0.05, 0.1) is 18.8 Å². The van der Waals surface area contributed by atoms with E-state index in [2.05, 4.69) is 11.4 Å². The fourth-order valence-electron chi connectivity index (χ4n) is 2.06. The summed E-state index contributed by atoms with van der Waals surface area (Å²) in [7, 11) is 0. The molecule has 0 unspecified atom stereocenters. The molecule has 0 atom stereocenters. The molecule has 0 radical (unpaired) electrons. The monoisotopic (exact) mass is 359 g/mol. The van der Waals surface area contributed by atoms with Crippen molar-refractivity contribution in [1.82, 2.24) is 0 Å².